The molecule has 1 aromatic rings. The average Bonchev–Trinajstić information content (AvgIpc) is 3.26. The highest BCUT2D eigenvalue weighted by molar-refractivity contribution is 5.81. The maximum Gasteiger partial charge on any atom is 0.239 e. The summed E-state index contributed by atoms with van der Waals surface area (Å²) in [7, 11) is 0. The first-order valence-corrected chi connectivity index (χ1v) is 7.52. The molecule has 21 heavy (non-hydrogen) atoms. The highest BCUT2D eigenvalue weighted by Gasteiger charge is 2.34. The van der Waals surface area contributed by atoms with Crippen LogP contribution in [0.1, 0.15) is 24.8 Å². The molecule has 1 saturated carbocycles. The Labute approximate surface area is 124 Å². The molecular formula is C16H20N4O. The first-order chi connectivity index (χ1) is 10.2. The van der Waals surface area contributed by atoms with E-state index in [2.05, 4.69) is 21.6 Å². The van der Waals surface area contributed by atoms with Crippen LogP contribution in [0.15, 0.2) is 24.3 Å². The van der Waals surface area contributed by atoms with Crippen molar-refractivity contribution >= 4 is 11.6 Å². The van der Waals surface area contributed by atoms with E-state index in [0.29, 0.717) is 11.6 Å². The van der Waals surface area contributed by atoms with Crippen LogP contribution in [0.25, 0.3) is 0 Å². The molecule has 5 nitrogen and oxygen atoms in total. The number of anilines is 1. The summed E-state index contributed by atoms with van der Waals surface area (Å²) in [6.45, 7) is 2.37. The minimum absolute atomic E-state index is 0.0296. The molecule has 5 heteroatoms. The first-order valence-electron chi connectivity index (χ1n) is 7.52. The molecule has 0 radical (unpaired) electrons. The number of hydrogen-bond donors (Lipinski definition) is 2. The fraction of sp³-hybridized carbons (Fsp3) is 0.500. The van der Waals surface area contributed by atoms with Gasteiger partial charge in [0.05, 0.1) is 18.2 Å². The van der Waals surface area contributed by atoms with Gasteiger partial charge in [0.25, 0.3) is 0 Å². The van der Waals surface area contributed by atoms with Gasteiger partial charge in [-0.1, -0.05) is 0 Å². The number of benzene rings is 1. The Bertz CT molecular complexity index is 544. The molecule has 2 aliphatic rings. The predicted molar refractivity (Wildman–Crippen MR) is 80.8 cm³/mol. The summed E-state index contributed by atoms with van der Waals surface area (Å²) < 4.78 is 0. The van der Waals surface area contributed by atoms with E-state index in [1.165, 1.54) is 12.8 Å². The van der Waals surface area contributed by atoms with Crippen molar-refractivity contribution in [2.45, 2.75) is 31.3 Å². The number of rotatable bonds is 5. The molecular weight excluding hydrogens is 264 g/mol. The fourth-order valence-corrected chi connectivity index (χ4v) is 2.80. The average molecular weight is 284 g/mol. The highest BCUT2D eigenvalue weighted by Crippen LogP contribution is 2.29. The van der Waals surface area contributed by atoms with E-state index in [-0.39, 0.29) is 12.5 Å². The van der Waals surface area contributed by atoms with Gasteiger partial charge in [0.1, 0.15) is 0 Å². The molecule has 2 N–H and O–H groups in total. The monoisotopic (exact) mass is 284 g/mol. The normalized spacial score (nSPS) is 21.8. The molecule has 110 valence electrons. The molecule has 1 saturated heterocycles. The number of nitriles is 1. The van der Waals surface area contributed by atoms with Crippen LogP contribution in [0.4, 0.5) is 5.69 Å². The minimum Gasteiger partial charge on any atom is -0.376 e. The Hall–Kier alpha value is -2.06. The Kier molecular flexibility index (Phi) is 4.07. The zero-order chi connectivity index (χ0) is 14.7. The summed E-state index contributed by atoms with van der Waals surface area (Å²) in [5, 5.41) is 14.9. The van der Waals surface area contributed by atoms with E-state index in [1.54, 1.807) is 12.1 Å². The number of carbonyl (C=O) groups excluding carboxylic acids is 1. The third-order valence-corrected chi connectivity index (χ3v) is 4.12. The van der Waals surface area contributed by atoms with Crippen LogP contribution >= 0.6 is 0 Å². The standard InChI is InChI=1S/C16H20N4O/c17-9-12-1-3-13(4-2-12)18-10-16(21)19-14-7-8-20(11-14)15-5-6-15/h1-4,14-15,18H,5-8,10-11H2,(H,19,21)/t14-/m0/s1. The van der Waals surface area contributed by atoms with Gasteiger partial charge in [-0.15, -0.1) is 0 Å². The second-order valence-corrected chi connectivity index (χ2v) is 5.82. The molecule has 3 rings (SSSR count). The largest absolute Gasteiger partial charge is 0.376 e. The Morgan fingerprint density at radius 3 is 2.71 bits per heavy atom. The van der Waals surface area contributed by atoms with E-state index in [4.69, 9.17) is 5.26 Å². The van der Waals surface area contributed by atoms with Crippen LogP contribution in [0.2, 0.25) is 0 Å². The van der Waals surface area contributed by atoms with Crippen molar-refractivity contribution < 1.29 is 4.79 Å². The topological polar surface area (TPSA) is 68.2 Å². The summed E-state index contributed by atoms with van der Waals surface area (Å²) in [6, 6.07) is 10.3. The summed E-state index contributed by atoms with van der Waals surface area (Å²) >= 11 is 0. The lowest BCUT2D eigenvalue weighted by molar-refractivity contribution is -0.120. The van der Waals surface area contributed by atoms with Gasteiger partial charge in [-0.25, -0.2) is 0 Å². The summed E-state index contributed by atoms with van der Waals surface area (Å²) in [5.74, 6) is 0.0296. The van der Waals surface area contributed by atoms with Gasteiger partial charge in [-0.3, -0.25) is 9.69 Å². The third kappa shape index (κ3) is 3.73. The minimum atomic E-state index is 0.0296. The molecule has 1 aliphatic heterocycles. The maximum atomic E-state index is 11.9. The maximum absolute atomic E-state index is 11.9. The number of carbonyl (C=O) groups is 1. The molecule has 1 heterocycles. The Morgan fingerprint density at radius 2 is 2.05 bits per heavy atom. The van der Waals surface area contributed by atoms with Crippen LogP contribution in [-0.2, 0) is 4.79 Å². The quantitative estimate of drug-likeness (QED) is 0.856. The molecule has 0 unspecified atom stereocenters. The second kappa shape index (κ2) is 6.15. The van der Waals surface area contributed by atoms with Gasteiger partial charge in [-0.2, -0.15) is 5.26 Å². The van der Waals surface area contributed by atoms with Gasteiger partial charge >= 0.3 is 0 Å². The van der Waals surface area contributed by atoms with Crippen molar-refractivity contribution in [2.24, 2.45) is 0 Å². The molecule has 1 aliphatic carbocycles. The second-order valence-electron chi connectivity index (χ2n) is 5.82. The van der Waals surface area contributed by atoms with E-state index < -0.39 is 0 Å². The van der Waals surface area contributed by atoms with E-state index in [9.17, 15) is 4.79 Å². The predicted octanol–water partition coefficient (Wildman–Crippen LogP) is 1.32. The number of nitrogens with zero attached hydrogens (tertiary/aromatic N) is 2. The van der Waals surface area contributed by atoms with E-state index in [1.807, 2.05) is 12.1 Å². The van der Waals surface area contributed by atoms with E-state index in [0.717, 1.165) is 31.2 Å². The third-order valence-electron chi connectivity index (χ3n) is 4.12. The van der Waals surface area contributed by atoms with Crippen molar-refractivity contribution in [2.75, 3.05) is 25.0 Å². The lowest BCUT2D eigenvalue weighted by Gasteiger charge is -2.16. The zero-order valence-electron chi connectivity index (χ0n) is 12.0. The number of amides is 1. The van der Waals surface area contributed by atoms with Gasteiger partial charge in [0.2, 0.25) is 5.91 Å². The molecule has 1 aromatic carbocycles. The lowest BCUT2D eigenvalue weighted by Crippen LogP contribution is -2.40. The van der Waals surface area contributed by atoms with Crippen LogP contribution in [0.3, 0.4) is 0 Å². The summed E-state index contributed by atoms with van der Waals surface area (Å²) in [6.07, 6.45) is 3.70. The van der Waals surface area contributed by atoms with Gasteiger partial charge in [0.15, 0.2) is 0 Å². The zero-order valence-corrected chi connectivity index (χ0v) is 12.0. The van der Waals surface area contributed by atoms with Gasteiger partial charge in [-0.05, 0) is 43.5 Å². The van der Waals surface area contributed by atoms with Crippen LogP contribution in [-0.4, -0.2) is 42.5 Å². The number of likely N-dealkylation sites (tertiary alicyclic amines) is 1. The SMILES string of the molecule is N#Cc1ccc(NCC(=O)N[C@H]2CCN(C3CC3)C2)cc1. The molecule has 1 amide bonds. The van der Waals surface area contributed by atoms with Gasteiger partial charge in [0, 0.05) is 30.9 Å². The summed E-state index contributed by atoms with van der Waals surface area (Å²) in [5.41, 5.74) is 1.48. The summed E-state index contributed by atoms with van der Waals surface area (Å²) in [4.78, 5) is 14.4. The van der Waals surface area contributed by atoms with Crippen molar-refractivity contribution in [3.63, 3.8) is 0 Å². The van der Waals surface area contributed by atoms with Crippen molar-refractivity contribution in [1.82, 2.24) is 10.2 Å². The molecule has 0 bridgehead atoms. The lowest BCUT2D eigenvalue weighted by atomic mass is 10.2. The number of hydrogen-bond acceptors (Lipinski definition) is 4. The molecule has 2 fully saturated rings. The van der Waals surface area contributed by atoms with Crippen molar-refractivity contribution in [3.05, 3.63) is 29.8 Å². The van der Waals surface area contributed by atoms with Gasteiger partial charge < -0.3 is 10.6 Å². The first kappa shape index (κ1) is 13.9. The number of nitrogens with one attached hydrogen (secondary N) is 2. The Balaban J connectivity index is 1.40. The molecule has 1 atom stereocenters. The van der Waals surface area contributed by atoms with Crippen LogP contribution in [0.5, 0.6) is 0 Å². The fourth-order valence-electron chi connectivity index (χ4n) is 2.80. The van der Waals surface area contributed by atoms with Crippen molar-refractivity contribution in [1.29, 1.82) is 5.26 Å². The highest BCUT2D eigenvalue weighted by atomic mass is 16.2. The van der Waals surface area contributed by atoms with Crippen molar-refractivity contribution in [3.8, 4) is 6.07 Å². The molecule has 0 spiro atoms. The Morgan fingerprint density at radius 1 is 1.29 bits per heavy atom. The van der Waals surface area contributed by atoms with Crippen LogP contribution in [0, 0.1) is 11.3 Å². The van der Waals surface area contributed by atoms with Crippen LogP contribution < -0.4 is 10.6 Å². The smallest absolute Gasteiger partial charge is 0.239 e. The molecule has 0 aromatic heterocycles. The van der Waals surface area contributed by atoms with E-state index >= 15 is 0 Å².